The molecule has 2 aromatic rings. The fourth-order valence-electron chi connectivity index (χ4n) is 2.15. The van der Waals surface area contributed by atoms with E-state index in [1.54, 1.807) is 18.3 Å². The molecule has 0 radical (unpaired) electrons. The minimum absolute atomic E-state index is 0.270. The number of amides is 1. The molecule has 1 aromatic heterocycles. The first kappa shape index (κ1) is 13.4. The van der Waals surface area contributed by atoms with Crippen LogP contribution in [0.5, 0.6) is 11.5 Å². The lowest BCUT2D eigenvalue weighted by Gasteiger charge is -2.30. The second kappa shape index (κ2) is 5.44. The summed E-state index contributed by atoms with van der Waals surface area (Å²) in [7, 11) is 0. The molecular weight excluding hydrogens is 268 g/mol. The number of nitrogens with zero attached hydrogens (tertiary/aromatic N) is 1. The van der Waals surface area contributed by atoms with Crippen LogP contribution >= 0.6 is 0 Å². The van der Waals surface area contributed by atoms with Gasteiger partial charge >= 0.3 is 0 Å². The molecule has 2 atom stereocenters. The SMILES string of the molecule is Cc1ccc(NC(=O)[C@@H]2Oc3ccccc3O[C@H]2C)nc1. The largest absolute Gasteiger partial charge is 0.482 e. The number of anilines is 1. The fraction of sp³-hybridized carbons (Fsp3) is 0.250. The predicted octanol–water partition coefficient (Wildman–Crippen LogP) is 2.56. The third-order valence-corrected chi connectivity index (χ3v) is 3.26. The van der Waals surface area contributed by atoms with E-state index in [4.69, 9.17) is 9.47 Å². The number of benzene rings is 1. The standard InChI is InChI=1S/C16H16N2O3/c1-10-7-8-14(17-9-10)18-16(19)15-11(2)20-12-5-3-4-6-13(12)21-15/h3-9,11,15H,1-2H3,(H,17,18,19)/t11-,15+/m0/s1. The Balaban J connectivity index is 1.74. The van der Waals surface area contributed by atoms with Crippen molar-refractivity contribution in [1.82, 2.24) is 4.98 Å². The number of hydrogen-bond donors (Lipinski definition) is 1. The van der Waals surface area contributed by atoms with Crippen LogP contribution in [0.3, 0.4) is 0 Å². The minimum Gasteiger partial charge on any atom is -0.482 e. The molecule has 21 heavy (non-hydrogen) atoms. The Morgan fingerprint density at radius 1 is 1.14 bits per heavy atom. The van der Waals surface area contributed by atoms with Gasteiger partial charge in [0.05, 0.1) is 0 Å². The van der Waals surface area contributed by atoms with Crippen LogP contribution in [-0.4, -0.2) is 23.1 Å². The zero-order chi connectivity index (χ0) is 14.8. The van der Waals surface area contributed by atoms with Gasteiger partial charge in [0.25, 0.3) is 5.91 Å². The number of para-hydroxylation sites is 2. The Bertz CT molecular complexity index is 655. The number of hydrogen-bond acceptors (Lipinski definition) is 4. The monoisotopic (exact) mass is 284 g/mol. The van der Waals surface area contributed by atoms with E-state index < -0.39 is 6.10 Å². The van der Waals surface area contributed by atoms with E-state index >= 15 is 0 Å². The molecule has 0 saturated carbocycles. The molecule has 1 N–H and O–H groups in total. The van der Waals surface area contributed by atoms with E-state index in [2.05, 4.69) is 10.3 Å². The Morgan fingerprint density at radius 3 is 2.52 bits per heavy atom. The van der Waals surface area contributed by atoms with Gasteiger partial charge in [0.2, 0.25) is 6.10 Å². The van der Waals surface area contributed by atoms with Crippen molar-refractivity contribution in [2.24, 2.45) is 0 Å². The third kappa shape index (κ3) is 2.81. The highest BCUT2D eigenvalue weighted by molar-refractivity contribution is 5.94. The summed E-state index contributed by atoms with van der Waals surface area (Å²) in [5.41, 5.74) is 1.03. The van der Waals surface area contributed by atoms with Gasteiger partial charge in [0.1, 0.15) is 11.9 Å². The average molecular weight is 284 g/mol. The summed E-state index contributed by atoms with van der Waals surface area (Å²) in [6.45, 7) is 3.75. The molecule has 0 unspecified atom stereocenters. The molecule has 0 aliphatic carbocycles. The van der Waals surface area contributed by atoms with Crippen molar-refractivity contribution in [2.75, 3.05) is 5.32 Å². The van der Waals surface area contributed by atoms with Crippen LogP contribution in [-0.2, 0) is 4.79 Å². The number of aromatic nitrogens is 1. The Morgan fingerprint density at radius 2 is 1.86 bits per heavy atom. The molecule has 1 aromatic carbocycles. The van der Waals surface area contributed by atoms with Crippen LogP contribution in [0, 0.1) is 6.92 Å². The summed E-state index contributed by atoms with van der Waals surface area (Å²) in [5.74, 6) is 1.46. The molecule has 0 bridgehead atoms. The Labute approximate surface area is 122 Å². The quantitative estimate of drug-likeness (QED) is 0.920. The molecular formula is C16H16N2O3. The van der Waals surface area contributed by atoms with Gasteiger partial charge in [-0.05, 0) is 37.6 Å². The van der Waals surface area contributed by atoms with Crippen LogP contribution in [0.4, 0.5) is 5.82 Å². The minimum atomic E-state index is -0.706. The summed E-state index contributed by atoms with van der Waals surface area (Å²) >= 11 is 0. The molecule has 5 heteroatoms. The van der Waals surface area contributed by atoms with Crippen molar-refractivity contribution in [3.8, 4) is 11.5 Å². The van der Waals surface area contributed by atoms with Crippen molar-refractivity contribution >= 4 is 11.7 Å². The molecule has 0 saturated heterocycles. The maximum absolute atomic E-state index is 12.3. The van der Waals surface area contributed by atoms with Crippen molar-refractivity contribution < 1.29 is 14.3 Å². The van der Waals surface area contributed by atoms with Crippen molar-refractivity contribution in [1.29, 1.82) is 0 Å². The maximum Gasteiger partial charge on any atom is 0.270 e. The van der Waals surface area contributed by atoms with Crippen LogP contribution in [0.1, 0.15) is 12.5 Å². The van der Waals surface area contributed by atoms with E-state index in [9.17, 15) is 4.79 Å². The molecule has 108 valence electrons. The smallest absolute Gasteiger partial charge is 0.270 e. The normalized spacial score (nSPS) is 19.9. The van der Waals surface area contributed by atoms with Crippen LogP contribution in [0.2, 0.25) is 0 Å². The molecule has 3 rings (SSSR count). The highest BCUT2D eigenvalue weighted by Crippen LogP contribution is 2.33. The van der Waals surface area contributed by atoms with Gasteiger partial charge in [0.15, 0.2) is 11.5 Å². The number of fused-ring (bicyclic) bond motifs is 1. The molecule has 0 spiro atoms. The molecule has 0 fully saturated rings. The summed E-state index contributed by atoms with van der Waals surface area (Å²) in [6, 6.07) is 11.0. The van der Waals surface area contributed by atoms with Crippen LogP contribution in [0.25, 0.3) is 0 Å². The first-order valence-corrected chi connectivity index (χ1v) is 6.79. The van der Waals surface area contributed by atoms with Gasteiger partial charge in [0, 0.05) is 6.20 Å². The van der Waals surface area contributed by atoms with Gasteiger partial charge in [-0.1, -0.05) is 18.2 Å². The third-order valence-electron chi connectivity index (χ3n) is 3.26. The predicted molar refractivity (Wildman–Crippen MR) is 78.6 cm³/mol. The first-order chi connectivity index (χ1) is 10.1. The van der Waals surface area contributed by atoms with E-state index in [1.807, 2.05) is 38.1 Å². The lowest BCUT2D eigenvalue weighted by atomic mass is 10.1. The van der Waals surface area contributed by atoms with Gasteiger partial charge in [-0.2, -0.15) is 0 Å². The lowest BCUT2D eigenvalue weighted by molar-refractivity contribution is -0.128. The number of nitrogens with one attached hydrogen (secondary N) is 1. The number of aryl methyl sites for hydroxylation is 1. The fourth-order valence-corrected chi connectivity index (χ4v) is 2.15. The van der Waals surface area contributed by atoms with E-state index in [-0.39, 0.29) is 12.0 Å². The summed E-state index contributed by atoms with van der Waals surface area (Å²) in [4.78, 5) is 16.5. The van der Waals surface area contributed by atoms with Gasteiger partial charge < -0.3 is 14.8 Å². The Hall–Kier alpha value is -2.56. The van der Waals surface area contributed by atoms with Gasteiger partial charge in [-0.25, -0.2) is 4.98 Å². The molecule has 2 heterocycles. The molecule has 1 aliphatic rings. The molecule has 5 nitrogen and oxygen atoms in total. The highest BCUT2D eigenvalue weighted by Gasteiger charge is 2.34. The summed E-state index contributed by atoms with van der Waals surface area (Å²) in [5, 5.41) is 2.75. The zero-order valence-electron chi connectivity index (χ0n) is 11.9. The van der Waals surface area contributed by atoms with Gasteiger partial charge in [-0.3, -0.25) is 4.79 Å². The number of rotatable bonds is 2. The second-order valence-electron chi connectivity index (χ2n) is 5.02. The van der Waals surface area contributed by atoms with E-state index in [1.165, 1.54) is 0 Å². The molecule has 1 amide bonds. The maximum atomic E-state index is 12.3. The van der Waals surface area contributed by atoms with Crippen LogP contribution < -0.4 is 14.8 Å². The summed E-state index contributed by atoms with van der Waals surface area (Å²) in [6.07, 6.45) is 0.625. The topological polar surface area (TPSA) is 60.5 Å². The first-order valence-electron chi connectivity index (χ1n) is 6.79. The number of pyridine rings is 1. The van der Waals surface area contributed by atoms with Gasteiger partial charge in [-0.15, -0.1) is 0 Å². The second-order valence-corrected chi connectivity index (χ2v) is 5.02. The van der Waals surface area contributed by atoms with E-state index in [0.717, 1.165) is 5.56 Å². The number of carbonyl (C=O) groups is 1. The summed E-state index contributed by atoms with van der Waals surface area (Å²) < 4.78 is 11.5. The average Bonchev–Trinajstić information content (AvgIpc) is 2.49. The molecule has 1 aliphatic heterocycles. The highest BCUT2D eigenvalue weighted by atomic mass is 16.6. The Kier molecular flexibility index (Phi) is 3.48. The lowest BCUT2D eigenvalue weighted by Crippen LogP contribution is -2.46. The zero-order valence-corrected chi connectivity index (χ0v) is 11.9. The van der Waals surface area contributed by atoms with Crippen LogP contribution in [0.15, 0.2) is 42.6 Å². The van der Waals surface area contributed by atoms with Crippen molar-refractivity contribution in [2.45, 2.75) is 26.1 Å². The van der Waals surface area contributed by atoms with Crippen molar-refractivity contribution in [3.63, 3.8) is 0 Å². The van der Waals surface area contributed by atoms with Crippen molar-refractivity contribution in [3.05, 3.63) is 48.2 Å². The number of carbonyl (C=O) groups excluding carboxylic acids is 1. The number of ether oxygens (including phenoxy) is 2. The van der Waals surface area contributed by atoms with E-state index in [0.29, 0.717) is 17.3 Å².